The van der Waals surface area contributed by atoms with Crippen LogP contribution in [0.25, 0.3) is 10.9 Å². The molecule has 2 aromatic heterocycles. The van der Waals surface area contributed by atoms with Gasteiger partial charge in [-0.2, -0.15) is 4.98 Å². The van der Waals surface area contributed by atoms with Crippen molar-refractivity contribution in [1.29, 1.82) is 0 Å². The highest BCUT2D eigenvalue weighted by atomic mass is 16.5. The number of hydrogen-bond acceptors (Lipinski definition) is 6. The number of benzene rings is 2. The van der Waals surface area contributed by atoms with Gasteiger partial charge in [0.2, 0.25) is 5.89 Å². The Morgan fingerprint density at radius 3 is 2.73 bits per heavy atom. The minimum atomic E-state index is 0.280. The van der Waals surface area contributed by atoms with E-state index in [1.807, 2.05) is 18.2 Å². The molecular formula is C26H30N4O3. The van der Waals surface area contributed by atoms with E-state index < -0.39 is 0 Å². The van der Waals surface area contributed by atoms with Crippen LogP contribution in [0.2, 0.25) is 0 Å². The van der Waals surface area contributed by atoms with Crippen LogP contribution in [0.5, 0.6) is 11.5 Å². The van der Waals surface area contributed by atoms with Crippen LogP contribution >= 0.6 is 0 Å². The summed E-state index contributed by atoms with van der Waals surface area (Å²) in [5.74, 6) is 3.17. The van der Waals surface area contributed by atoms with E-state index >= 15 is 0 Å². The lowest BCUT2D eigenvalue weighted by Crippen LogP contribution is -2.37. The van der Waals surface area contributed by atoms with Gasteiger partial charge < -0.3 is 19.0 Å². The Balaban J connectivity index is 1.34. The van der Waals surface area contributed by atoms with Gasteiger partial charge in [-0.15, -0.1) is 0 Å². The van der Waals surface area contributed by atoms with Gasteiger partial charge in [0.05, 0.1) is 26.8 Å². The number of ether oxygens (including phenoxy) is 2. The Hall–Kier alpha value is -3.32. The fourth-order valence-electron chi connectivity index (χ4n) is 5.03. The molecule has 0 amide bonds. The summed E-state index contributed by atoms with van der Waals surface area (Å²) < 4.78 is 16.4. The van der Waals surface area contributed by atoms with E-state index in [0.29, 0.717) is 42.1 Å². The molecule has 5 rings (SSSR count). The van der Waals surface area contributed by atoms with Gasteiger partial charge in [0, 0.05) is 29.6 Å². The summed E-state index contributed by atoms with van der Waals surface area (Å²) in [6.45, 7) is 6.14. The van der Waals surface area contributed by atoms with E-state index in [2.05, 4.69) is 58.1 Å². The van der Waals surface area contributed by atoms with Crippen molar-refractivity contribution in [1.82, 2.24) is 20.0 Å². The van der Waals surface area contributed by atoms with Crippen LogP contribution in [-0.4, -0.2) is 40.8 Å². The number of nitrogens with one attached hydrogen (secondary N) is 1. The first-order valence-electron chi connectivity index (χ1n) is 11.4. The van der Waals surface area contributed by atoms with Crippen LogP contribution in [0.3, 0.4) is 0 Å². The van der Waals surface area contributed by atoms with E-state index in [9.17, 15) is 0 Å². The topological polar surface area (TPSA) is 76.4 Å². The van der Waals surface area contributed by atoms with Crippen molar-refractivity contribution in [3.63, 3.8) is 0 Å². The van der Waals surface area contributed by atoms with Crippen LogP contribution in [0, 0.1) is 5.92 Å². The molecule has 0 fully saturated rings. The number of fused-ring (bicyclic) bond motifs is 3. The number of methoxy groups -OCH3 is 2. The summed E-state index contributed by atoms with van der Waals surface area (Å²) in [6.07, 6.45) is 1.58. The van der Waals surface area contributed by atoms with Crippen LogP contribution < -0.4 is 9.47 Å². The first kappa shape index (κ1) is 21.5. The number of para-hydroxylation sites is 1. The Bertz CT molecular complexity index is 1260. The monoisotopic (exact) mass is 446 g/mol. The zero-order valence-electron chi connectivity index (χ0n) is 19.6. The van der Waals surface area contributed by atoms with Gasteiger partial charge in [-0.1, -0.05) is 43.3 Å². The lowest BCUT2D eigenvalue weighted by atomic mass is 9.90. The predicted octanol–water partition coefficient (Wildman–Crippen LogP) is 4.91. The van der Waals surface area contributed by atoms with Gasteiger partial charge in [-0.25, -0.2) is 0 Å². The van der Waals surface area contributed by atoms with E-state index in [4.69, 9.17) is 14.0 Å². The van der Waals surface area contributed by atoms with Crippen molar-refractivity contribution < 1.29 is 14.0 Å². The molecule has 0 saturated carbocycles. The molecule has 4 aromatic rings. The number of aromatic amines is 1. The Kier molecular flexibility index (Phi) is 5.81. The molecular weight excluding hydrogens is 416 g/mol. The maximum Gasteiger partial charge on any atom is 0.240 e. The number of nitrogens with zero attached hydrogens (tertiary/aromatic N) is 3. The molecule has 7 nitrogen and oxygen atoms in total. The second-order valence-electron chi connectivity index (χ2n) is 8.94. The molecule has 0 unspecified atom stereocenters. The minimum absolute atomic E-state index is 0.280. The summed E-state index contributed by atoms with van der Waals surface area (Å²) in [7, 11) is 3.27. The van der Waals surface area contributed by atoms with Gasteiger partial charge in [0.15, 0.2) is 17.3 Å². The van der Waals surface area contributed by atoms with Gasteiger partial charge >= 0.3 is 0 Å². The van der Waals surface area contributed by atoms with Crippen molar-refractivity contribution >= 4 is 10.9 Å². The molecule has 0 bridgehead atoms. The predicted molar refractivity (Wildman–Crippen MR) is 127 cm³/mol. The molecule has 1 aliphatic heterocycles. The van der Waals surface area contributed by atoms with E-state index in [-0.39, 0.29) is 6.04 Å². The van der Waals surface area contributed by atoms with Crippen molar-refractivity contribution in [2.45, 2.75) is 39.3 Å². The number of hydrogen-bond donors (Lipinski definition) is 1. The molecule has 0 aliphatic carbocycles. The van der Waals surface area contributed by atoms with E-state index in [0.717, 1.165) is 18.5 Å². The fourth-order valence-corrected chi connectivity index (χ4v) is 5.03. The first-order chi connectivity index (χ1) is 16.1. The Morgan fingerprint density at radius 2 is 1.94 bits per heavy atom. The largest absolute Gasteiger partial charge is 0.493 e. The molecule has 172 valence electrons. The summed E-state index contributed by atoms with van der Waals surface area (Å²) in [6, 6.07) is 14.7. The summed E-state index contributed by atoms with van der Waals surface area (Å²) >= 11 is 0. The number of aromatic nitrogens is 3. The maximum absolute atomic E-state index is 5.65. The zero-order valence-corrected chi connectivity index (χ0v) is 19.6. The average molecular weight is 447 g/mol. The third kappa shape index (κ3) is 4.09. The number of rotatable bonds is 7. The standard InChI is InChI=1S/C26H30N4O3/c1-16(2)26-25-19(18-7-5-6-8-20(18)27-25)11-12-30(26)15-24-28-23(29-33-24)14-17-9-10-21(31-3)22(13-17)32-4/h5-10,13,16,26-27H,11-12,14-15H2,1-4H3/t26-/m0/s1. The zero-order chi connectivity index (χ0) is 22.9. The van der Waals surface area contributed by atoms with E-state index in [1.54, 1.807) is 14.2 Å². The highest BCUT2D eigenvalue weighted by Gasteiger charge is 2.33. The number of H-pyrrole nitrogens is 1. The van der Waals surface area contributed by atoms with Crippen molar-refractivity contribution in [2.24, 2.45) is 5.92 Å². The second kappa shape index (κ2) is 8.90. The molecule has 0 saturated heterocycles. The lowest BCUT2D eigenvalue weighted by molar-refractivity contribution is 0.117. The molecule has 3 heterocycles. The van der Waals surface area contributed by atoms with Crippen LogP contribution in [-0.2, 0) is 19.4 Å². The normalized spacial score (nSPS) is 16.3. The molecule has 1 atom stereocenters. The lowest BCUT2D eigenvalue weighted by Gasteiger charge is -2.37. The van der Waals surface area contributed by atoms with Gasteiger partial charge in [-0.3, -0.25) is 4.90 Å². The van der Waals surface area contributed by atoms with Gasteiger partial charge in [-0.05, 0) is 41.7 Å². The summed E-state index contributed by atoms with van der Waals surface area (Å²) in [5.41, 5.74) is 5.02. The molecule has 1 N–H and O–H groups in total. The van der Waals surface area contributed by atoms with Crippen LogP contribution in [0.15, 0.2) is 47.0 Å². The van der Waals surface area contributed by atoms with Crippen molar-refractivity contribution in [3.05, 3.63) is 71.0 Å². The third-order valence-electron chi connectivity index (χ3n) is 6.47. The first-order valence-corrected chi connectivity index (χ1v) is 11.4. The molecule has 0 spiro atoms. The summed E-state index contributed by atoms with van der Waals surface area (Å²) in [4.78, 5) is 10.8. The van der Waals surface area contributed by atoms with E-state index in [1.165, 1.54) is 22.2 Å². The van der Waals surface area contributed by atoms with Gasteiger partial charge in [0.25, 0.3) is 0 Å². The minimum Gasteiger partial charge on any atom is -0.493 e. The summed E-state index contributed by atoms with van der Waals surface area (Å²) in [5, 5.41) is 5.57. The van der Waals surface area contributed by atoms with Crippen molar-refractivity contribution in [2.75, 3.05) is 20.8 Å². The van der Waals surface area contributed by atoms with Crippen LogP contribution in [0.1, 0.15) is 48.4 Å². The fraction of sp³-hybridized carbons (Fsp3) is 0.385. The smallest absolute Gasteiger partial charge is 0.240 e. The van der Waals surface area contributed by atoms with Crippen molar-refractivity contribution in [3.8, 4) is 11.5 Å². The highest BCUT2D eigenvalue weighted by Crippen LogP contribution is 2.39. The maximum atomic E-state index is 5.65. The quantitative estimate of drug-likeness (QED) is 0.435. The molecule has 33 heavy (non-hydrogen) atoms. The van der Waals surface area contributed by atoms with Gasteiger partial charge in [0.1, 0.15) is 0 Å². The Labute approximate surface area is 193 Å². The Morgan fingerprint density at radius 1 is 1.12 bits per heavy atom. The molecule has 1 aliphatic rings. The SMILES string of the molecule is COc1ccc(Cc2noc(CN3CCc4c([nH]c5ccccc45)[C@@H]3C(C)C)n2)cc1OC. The molecule has 7 heteroatoms. The third-order valence-corrected chi connectivity index (χ3v) is 6.47. The highest BCUT2D eigenvalue weighted by molar-refractivity contribution is 5.85. The second-order valence-corrected chi connectivity index (χ2v) is 8.94. The average Bonchev–Trinajstić information content (AvgIpc) is 3.42. The van der Waals surface area contributed by atoms with Crippen LogP contribution in [0.4, 0.5) is 0 Å². The molecule has 2 aromatic carbocycles. The molecule has 0 radical (unpaired) electrons.